The van der Waals surface area contributed by atoms with E-state index in [0.717, 1.165) is 36.3 Å². The van der Waals surface area contributed by atoms with Crippen LogP contribution >= 0.6 is 0 Å². The molecule has 1 aromatic heterocycles. The van der Waals surface area contributed by atoms with Crippen molar-refractivity contribution in [3.63, 3.8) is 0 Å². The van der Waals surface area contributed by atoms with Gasteiger partial charge in [0.05, 0.1) is 17.1 Å². The standard InChI is InChI=1S/C17H23N3O2/c1-11-7-15-16(8-12(11)2)20(13(3)19-15)10-17(21)18-9-14-5-4-6-22-14/h7-8,14H,4-6,9-10H2,1-3H3,(H,18,21). The molecular weight excluding hydrogens is 278 g/mol. The molecular formula is C17H23N3O2. The number of carbonyl (C=O) groups excluding carboxylic acids is 1. The lowest BCUT2D eigenvalue weighted by molar-refractivity contribution is -0.122. The minimum atomic E-state index is 0.0103. The Kier molecular flexibility index (Phi) is 4.16. The molecule has 118 valence electrons. The Balaban J connectivity index is 1.73. The highest BCUT2D eigenvalue weighted by Gasteiger charge is 2.17. The summed E-state index contributed by atoms with van der Waals surface area (Å²) < 4.78 is 7.51. The average molecular weight is 301 g/mol. The maximum Gasteiger partial charge on any atom is 0.240 e. The molecule has 5 nitrogen and oxygen atoms in total. The number of hydrogen-bond acceptors (Lipinski definition) is 3. The molecule has 0 spiro atoms. The fraction of sp³-hybridized carbons (Fsp3) is 0.529. The Morgan fingerprint density at radius 3 is 2.86 bits per heavy atom. The molecule has 3 rings (SSSR count). The number of carbonyl (C=O) groups is 1. The zero-order valence-corrected chi connectivity index (χ0v) is 13.5. The van der Waals surface area contributed by atoms with Gasteiger partial charge < -0.3 is 14.6 Å². The van der Waals surface area contributed by atoms with Gasteiger partial charge in [-0.15, -0.1) is 0 Å². The summed E-state index contributed by atoms with van der Waals surface area (Å²) in [6.07, 6.45) is 2.30. The Morgan fingerprint density at radius 2 is 2.14 bits per heavy atom. The molecule has 1 aromatic carbocycles. The van der Waals surface area contributed by atoms with E-state index in [1.165, 1.54) is 11.1 Å². The van der Waals surface area contributed by atoms with Crippen LogP contribution in [0.25, 0.3) is 11.0 Å². The van der Waals surface area contributed by atoms with Crippen LogP contribution in [0.3, 0.4) is 0 Å². The van der Waals surface area contributed by atoms with Crippen LogP contribution in [0.5, 0.6) is 0 Å². The third-order valence-corrected chi connectivity index (χ3v) is 4.41. The minimum absolute atomic E-state index is 0.0103. The highest BCUT2D eigenvalue weighted by molar-refractivity contribution is 5.82. The van der Waals surface area contributed by atoms with Gasteiger partial charge in [0, 0.05) is 13.2 Å². The van der Waals surface area contributed by atoms with Crippen LogP contribution in [-0.2, 0) is 16.1 Å². The second-order valence-corrected chi connectivity index (χ2v) is 6.11. The first-order valence-corrected chi connectivity index (χ1v) is 7.87. The second kappa shape index (κ2) is 6.08. The van der Waals surface area contributed by atoms with Crippen molar-refractivity contribution in [2.24, 2.45) is 0 Å². The summed E-state index contributed by atoms with van der Waals surface area (Å²) in [4.78, 5) is 16.8. The Bertz CT molecular complexity index is 699. The molecule has 2 heterocycles. The van der Waals surface area contributed by atoms with Crippen molar-refractivity contribution in [2.45, 2.75) is 46.3 Å². The molecule has 2 aromatic rings. The number of aromatic nitrogens is 2. The smallest absolute Gasteiger partial charge is 0.240 e. The number of benzene rings is 1. The number of rotatable bonds is 4. The predicted molar refractivity (Wildman–Crippen MR) is 85.9 cm³/mol. The summed E-state index contributed by atoms with van der Waals surface area (Å²) in [5, 5.41) is 2.97. The van der Waals surface area contributed by atoms with Crippen molar-refractivity contribution in [3.8, 4) is 0 Å². The number of nitrogens with one attached hydrogen (secondary N) is 1. The van der Waals surface area contributed by atoms with Gasteiger partial charge in [0.2, 0.25) is 5.91 Å². The normalized spacial score (nSPS) is 18.0. The van der Waals surface area contributed by atoms with Crippen LogP contribution in [0.15, 0.2) is 12.1 Å². The predicted octanol–water partition coefficient (Wildman–Crippen LogP) is 2.26. The fourth-order valence-electron chi connectivity index (χ4n) is 2.93. The highest BCUT2D eigenvalue weighted by Crippen LogP contribution is 2.20. The van der Waals surface area contributed by atoms with Crippen LogP contribution in [0.4, 0.5) is 0 Å². The van der Waals surface area contributed by atoms with Crippen molar-refractivity contribution >= 4 is 16.9 Å². The van der Waals surface area contributed by atoms with E-state index >= 15 is 0 Å². The second-order valence-electron chi connectivity index (χ2n) is 6.11. The molecule has 1 atom stereocenters. The highest BCUT2D eigenvalue weighted by atomic mass is 16.5. The maximum absolute atomic E-state index is 12.2. The van der Waals surface area contributed by atoms with E-state index in [2.05, 4.69) is 36.3 Å². The molecule has 1 saturated heterocycles. The Labute approximate surface area is 130 Å². The van der Waals surface area contributed by atoms with E-state index in [-0.39, 0.29) is 12.0 Å². The molecule has 1 aliphatic heterocycles. The molecule has 1 amide bonds. The third-order valence-electron chi connectivity index (χ3n) is 4.41. The molecule has 1 fully saturated rings. The summed E-state index contributed by atoms with van der Waals surface area (Å²) in [7, 11) is 0. The zero-order chi connectivity index (χ0) is 15.7. The van der Waals surface area contributed by atoms with Crippen molar-refractivity contribution in [2.75, 3.05) is 13.2 Å². The monoisotopic (exact) mass is 301 g/mol. The van der Waals surface area contributed by atoms with Crippen LogP contribution in [0, 0.1) is 20.8 Å². The van der Waals surface area contributed by atoms with Crippen molar-refractivity contribution in [1.82, 2.24) is 14.9 Å². The molecule has 0 aliphatic carbocycles. The quantitative estimate of drug-likeness (QED) is 0.942. The topological polar surface area (TPSA) is 56.2 Å². The van der Waals surface area contributed by atoms with Gasteiger partial charge in [0.25, 0.3) is 0 Å². The number of hydrogen-bond donors (Lipinski definition) is 1. The summed E-state index contributed by atoms with van der Waals surface area (Å²) >= 11 is 0. The van der Waals surface area contributed by atoms with E-state index in [4.69, 9.17) is 4.74 Å². The van der Waals surface area contributed by atoms with Crippen LogP contribution in [0.2, 0.25) is 0 Å². The molecule has 0 radical (unpaired) electrons. The van der Waals surface area contributed by atoms with E-state index in [1.807, 2.05) is 11.5 Å². The largest absolute Gasteiger partial charge is 0.376 e. The minimum Gasteiger partial charge on any atom is -0.376 e. The summed E-state index contributed by atoms with van der Waals surface area (Å²) in [5.74, 6) is 0.878. The fourth-order valence-corrected chi connectivity index (χ4v) is 2.93. The molecule has 22 heavy (non-hydrogen) atoms. The number of imidazole rings is 1. The van der Waals surface area contributed by atoms with Gasteiger partial charge in [-0.3, -0.25) is 4.79 Å². The maximum atomic E-state index is 12.2. The Morgan fingerprint density at radius 1 is 1.36 bits per heavy atom. The van der Waals surface area contributed by atoms with Gasteiger partial charge in [0.15, 0.2) is 0 Å². The molecule has 5 heteroatoms. The van der Waals surface area contributed by atoms with Crippen LogP contribution in [0.1, 0.15) is 29.8 Å². The first-order chi connectivity index (χ1) is 10.5. The zero-order valence-electron chi connectivity index (χ0n) is 13.5. The Hall–Kier alpha value is -1.88. The van der Waals surface area contributed by atoms with Gasteiger partial charge in [-0.25, -0.2) is 4.98 Å². The molecule has 0 saturated carbocycles. The lowest BCUT2D eigenvalue weighted by atomic mass is 10.1. The van der Waals surface area contributed by atoms with Gasteiger partial charge in [-0.1, -0.05) is 0 Å². The molecule has 1 aliphatic rings. The first kappa shape index (κ1) is 15.0. The lowest BCUT2D eigenvalue weighted by Gasteiger charge is -2.12. The van der Waals surface area contributed by atoms with E-state index in [1.54, 1.807) is 0 Å². The lowest BCUT2D eigenvalue weighted by Crippen LogP contribution is -2.34. The molecule has 0 bridgehead atoms. The SMILES string of the molecule is Cc1cc2nc(C)n(CC(=O)NCC3CCCO3)c2cc1C. The third kappa shape index (κ3) is 2.99. The summed E-state index contributed by atoms with van der Waals surface area (Å²) in [5.41, 5.74) is 4.41. The van der Waals surface area contributed by atoms with Crippen molar-refractivity contribution in [3.05, 3.63) is 29.1 Å². The van der Waals surface area contributed by atoms with Crippen molar-refractivity contribution < 1.29 is 9.53 Å². The number of nitrogens with zero attached hydrogens (tertiary/aromatic N) is 2. The van der Waals surface area contributed by atoms with Crippen LogP contribution < -0.4 is 5.32 Å². The number of ether oxygens (including phenoxy) is 1. The summed E-state index contributed by atoms with van der Waals surface area (Å²) in [6, 6.07) is 4.19. The van der Waals surface area contributed by atoms with Crippen molar-refractivity contribution in [1.29, 1.82) is 0 Å². The molecule has 1 N–H and O–H groups in total. The van der Waals surface area contributed by atoms with Gasteiger partial charge >= 0.3 is 0 Å². The van der Waals surface area contributed by atoms with E-state index in [9.17, 15) is 4.79 Å². The molecule has 1 unspecified atom stereocenters. The number of fused-ring (bicyclic) bond motifs is 1. The average Bonchev–Trinajstić information content (AvgIpc) is 3.08. The summed E-state index contributed by atoms with van der Waals surface area (Å²) in [6.45, 7) is 7.82. The van der Waals surface area contributed by atoms with E-state index in [0.29, 0.717) is 13.1 Å². The van der Waals surface area contributed by atoms with Crippen LogP contribution in [-0.4, -0.2) is 34.7 Å². The van der Waals surface area contributed by atoms with E-state index < -0.39 is 0 Å². The number of aryl methyl sites for hydroxylation is 3. The van der Waals surface area contributed by atoms with Gasteiger partial charge in [-0.05, 0) is 56.9 Å². The van der Waals surface area contributed by atoms with Gasteiger partial charge in [0.1, 0.15) is 12.4 Å². The van der Waals surface area contributed by atoms with Gasteiger partial charge in [-0.2, -0.15) is 0 Å². The number of amides is 1. The first-order valence-electron chi connectivity index (χ1n) is 7.87.